The van der Waals surface area contributed by atoms with Gasteiger partial charge in [0.2, 0.25) is 0 Å². The molecule has 158 valence electrons. The first kappa shape index (κ1) is 22.5. The van der Waals surface area contributed by atoms with Gasteiger partial charge in [-0.15, -0.1) is 10.2 Å². The Balaban J connectivity index is 0.000000233. The minimum atomic E-state index is -1.11. The van der Waals surface area contributed by atoms with E-state index in [0.717, 1.165) is 18.2 Å². The first-order valence-corrected chi connectivity index (χ1v) is 8.19. The summed E-state index contributed by atoms with van der Waals surface area (Å²) in [6.07, 6.45) is 1.09. The fraction of sp³-hybridized carbons (Fsp3) is 0.0556. The number of carboxylic acid groups (broad SMARTS) is 2. The lowest BCUT2D eigenvalue weighted by Crippen LogP contribution is -2.06. The molecule has 2 aromatic rings. The van der Waals surface area contributed by atoms with Gasteiger partial charge in [0.25, 0.3) is 5.91 Å². The van der Waals surface area contributed by atoms with Gasteiger partial charge in [-0.25, -0.2) is 9.59 Å². The molecule has 13 heteroatoms. The predicted octanol–water partition coefficient (Wildman–Crippen LogP) is 3.23. The molecule has 0 aliphatic carbocycles. The van der Waals surface area contributed by atoms with E-state index in [-0.39, 0.29) is 28.0 Å². The third kappa shape index (κ3) is 5.17. The quantitative estimate of drug-likeness (QED) is 0.529. The van der Waals surface area contributed by atoms with Gasteiger partial charge in [-0.2, -0.15) is 0 Å². The Hall–Kier alpha value is -4.81. The molecule has 0 spiro atoms. The molecule has 0 saturated heterocycles. The highest BCUT2D eigenvalue weighted by molar-refractivity contribution is 5.98. The van der Waals surface area contributed by atoms with Crippen molar-refractivity contribution in [3.8, 4) is 0 Å². The van der Waals surface area contributed by atoms with E-state index in [4.69, 9.17) is 10.2 Å². The standard InChI is InChI=1S/C9H4N4O5.C9H8O4/c14-9-4-6(10-11-9)5-1-2-7(12(15)16)8(3-5)13(17)18;1-5-6(8(10)11)3-2-4-7(5)9(12)13/h1-4H;2-4H,1H3,(H,10,11)(H,12,13). The highest BCUT2D eigenvalue weighted by Gasteiger charge is 2.25. The van der Waals surface area contributed by atoms with E-state index < -0.39 is 39.1 Å². The second-order valence-corrected chi connectivity index (χ2v) is 5.87. The van der Waals surface area contributed by atoms with Crippen LogP contribution in [0.2, 0.25) is 0 Å². The Bertz CT molecular complexity index is 1150. The maximum Gasteiger partial charge on any atom is 0.346 e. The molecule has 1 aliphatic heterocycles. The normalized spacial score (nSPS) is 11.9. The van der Waals surface area contributed by atoms with Gasteiger partial charge in [0.05, 0.1) is 26.7 Å². The summed E-state index contributed by atoms with van der Waals surface area (Å²) >= 11 is 0. The van der Waals surface area contributed by atoms with Crippen LogP contribution in [0.4, 0.5) is 11.4 Å². The number of nitro benzene ring substituents is 2. The van der Waals surface area contributed by atoms with E-state index >= 15 is 0 Å². The van der Waals surface area contributed by atoms with Gasteiger partial charge in [-0.3, -0.25) is 25.0 Å². The van der Waals surface area contributed by atoms with E-state index in [1.165, 1.54) is 31.2 Å². The van der Waals surface area contributed by atoms with Gasteiger partial charge in [-0.1, -0.05) is 6.07 Å². The van der Waals surface area contributed by atoms with Crippen molar-refractivity contribution in [1.29, 1.82) is 0 Å². The molecule has 1 aliphatic rings. The number of carboxylic acids is 2. The summed E-state index contributed by atoms with van der Waals surface area (Å²) in [6, 6.07) is 7.43. The number of carbonyl (C=O) groups is 3. The smallest absolute Gasteiger partial charge is 0.346 e. The highest BCUT2D eigenvalue weighted by Crippen LogP contribution is 2.31. The number of hydrogen-bond donors (Lipinski definition) is 2. The van der Waals surface area contributed by atoms with Crippen LogP contribution in [0, 0.1) is 27.2 Å². The minimum absolute atomic E-state index is 0.0277. The summed E-state index contributed by atoms with van der Waals surface area (Å²) in [5.41, 5.74) is -0.583. The maximum absolute atomic E-state index is 10.8. The number of aromatic carboxylic acids is 2. The molecule has 3 rings (SSSR count). The molecule has 2 N–H and O–H groups in total. The fourth-order valence-electron chi connectivity index (χ4n) is 2.50. The first-order valence-electron chi connectivity index (χ1n) is 8.19. The summed E-state index contributed by atoms with van der Waals surface area (Å²) in [6.45, 7) is 1.48. The van der Waals surface area contributed by atoms with E-state index in [0.29, 0.717) is 0 Å². The highest BCUT2D eigenvalue weighted by atomic mass is 16.6. The minimum Gasteiger partial charge on any atom is -0.478 e. The van der Waals surface area contributed by atoms with Crippen molar-refractivity contribution in [2.24, 2.45) is 10.2 Å². The van der Waals surface area contributed by atoms with Crippen molar-refractivity contribution in [3.05, 3.63) is 85.0 Å². The zero-order valence-corrected chi connectivity index (χ0v) is 15.6. The molecule has 31 heavy (non-hydrogen) atoms. The van der Waals surface area contributed by atoms with Crippen LogP contribution in [0.5, 0.6) is 0 Å². The lowest BCUT2D eigenvalue weighted by Gasteiger charge is -2.03. The SMILES string of the molecule is Cc1c(C(=O)O)cccc1C(=O)O.O=C1C=C(c2ccc([N+](=O)[O-])c([N+](=O)[O-])c2)N=N1. The lowest BCUT2D eigenvalue weighted by molar-refractivity contribution is -0.422. The van der Waals surface area contributed by atoms with Crippen molar-refractivity contribution >= 4 is 34.9 Å². The Labute approximate surface area is 172 Å². The van der Waals surface area contributed by atoms with Crippen LogP contribution < -0.4 is 0 Å². The van der Waals surface area contributed by atoms with Crippen LogP contribution in [0.15, 0.2) is 52.7 Å². The number of hydrogen-bond acceptors (Lipinski definition) is 8. The van der Waals surface area contributed by atoms with Crippen LogP contribution >= 0.6 is 0 Å². The molecule has 0 atom stereocenters. The fourth-order valence-corrected chi connectivity index (χ4v) is 2.50. The molecule has 0 saturated carbocycles. The third-order valence-electron chi connectivity index (χ3n) is 3.98. The molecule has 2 aromatic carbocycles. The number of carbonyl (C=O) groups excluding carboxylic acids is 1. The Morgan fingerprint density at radius 1 is 0.903 bits per heavy atom. The molecule has 0 unspecified atom stereocenters. The van der Waals surface area contributed by atoms with Crippen LogP contribution in [-0.2, 0) is 4.79 Å². The number of amides is 1. The molecule has 0 radical (unpaired) electrons. The predicted molar refractivity (Wildman–Crippen MR) is 103 cm³/mol. The zero-order chi connectivity index (χ0) is 23.3. The van der Waals surface area contributed by atoms with Gasteiger partial charge in [-0.05, 0) is 30.7 Å². The Kier molecular flexibility index (Phi) is 6.62. The third-order valence-corrected chi connectivity index (χ3v) is 3.98. The van der Waals surface area contributed by atoms with Crippen molar-refractivity contribution in [3.63, 3.8) is 0 Å². The van der Waals surface area contributed by atoms with Crippen LogP contribution in [0.3, 0.4) is 0 Å². The second-order valence-electron chi connectivity index (χ2n) is 5.87. The van der Waals surface area contributed by atoms with Gasteiger partial charge >= 0.3 is 23.3 Å². The average molecular weight is 428 g/mol. The Morgan fingerprint density at radius 2 is 1.45 bits per heavy atom. The summed E-state index contributed by atoms with van der Waals surface area (Å²) < 4.78 is 0. The Morgan fingerprint density at radius 3 is 1.87 bits per heavy atom. The van der Waals surface area contributed by atoms with Gasteiger partial charge in [0.1, 0.15) is 0 Å². The van der Waals surface area contributed by atoms with Gasteiger partial charge in [0.15, 0.2) is 0 Å². The molecule has 1 heterocycles. The molecule has 1 amide bonds. The van der Waals surface area contributed by atoms with Crippen molar-refractivity contribution in [2.75, 3.05) is 0 Å². The summed E-state index contributed by atoms with van der Waals surface area (Å²) in [7, 11) is 0. The van der Waals surface area contributed by atoms with E-state index in [1.807, 2.05) is 0 Å². The van der Waals surface area contributed by atoms with Crippen LogP contribution in [0.25, 0.3) is 5.70 Å². The van der Waals surface area contributed by atoms with Crippen molar-refractivity contribution < 1.29 is 34.4 Å². The number of benzene rings is 2. The molecule has 0 bridgehead atoms. The second kappa shape index (κ2) is 9.13. The van der Waals surface area contributed by atoms with Crippen LogP contribution in [-0.4, -0.2) is 37.9 Å². The molecular weight excluding hydrogens is 416 g/mol. The van der Waals surface area contributed by atoms with Gasteiger partial charge in [0, 0.05) is 23.8 Å². The first-order chi connectivity index (χ1) is 14.5. The van der Waals surface area contributed by atoms with E-state index in [2.05, 4.69) is 10.2 Å². The summed E-state index contributed by atoms with van der Waals surface area (Å²) in [5, 5.41) is 45.4. The molecular formula is C18H12N4O9. The van der Waals surface area contributed by atoms with E-state index in [9.17, 15) is 34.6 Å². The number of nitro groups is 2. The molecule has 13 nitrogen and oxygen atoms in total. The van der Waals surface area contributed by atoms with E-state index in [1.54, 1.807) is 0 Å². The molecule has 0 aromatic heterocycles. The van der Waals surface area contributed by atoms with Gasteiger partial charge < -0.3 is 10.2 Å². The number of azo groups is 1. The van der Waals surface area contributed by atoms with Crippen molar-refractivity contribution in [2.45, 2.75) is 6.92 Å². The number of nitrogens with zero attached hydrogens (tertiary/aromatic N) is 4. The largest absolute Gasteiger partial charge is 0.478 e. The average Bonchev–Trinajstić information content (AvgIpc) is 3.14. The topological polar surface area (TPSA) is 203 Å². The zero-order valence-electron chi connectivity index (χ0n) is 15.6. The number of rotatable bonds is 5. The summed E-state index contributed by atoms with van der Waals surface area (Å²) in [4.78, 5) is 51.7. The van der Waals surface area contributed by atoms with Crippen molar-refractivity contribution in [1.82, 2.24) is 0 Å². The summed E-state index contributed by atoms with van der Waals surface area (Å²) in [5.74, 6) is -2.80. The van der Waals surface area contributed by atoms with Crippen LogP contribution in [0.1, 0.15) is 31.8 Å². The monoisotopic (exact) mass is 428 g/mol. The lowest BCUT2D eigenvalue weighted by atomic mass is 10.0. The molecule has 0 fully saturated rings. The maximum atomic E-state index is 10.8.